The lowest BCUT2D eigenvalue weighted by molar-refractivity contribution is 0.0699. The lowest BCUT2D eigenvalue weighted by atomic mass is 10.1. The number of aromatic amines is 1. The Morgan fingerprint density at radius 1 is 1.36 bits per heavy atom. The third-order valence-corrected chi connectivity index (χ3v) is 1.98. The van der Waals surface area contributed by atoms with Gasteiger partial charge in [0.25, 0.3) is 0 Å². The zero-order chi connectivity index (χ0) is 10.3. The number of fused-ring (bicyclic) bond motifs is 1. The van der Waals surface area contributed by atoms with Crippen LogP contribution in [-0.2, 0) is 0 Å². The molecule has 2 rings (SSSR count). The van der Waals surface area contributed by atoms with Gasteiger partial charge in [-0.2, -0.15) is 0 Å². The average molecular weight is 197 g/mol. The highest BCUT2D eigenvalue weighted by Gasteiger charge is 2.15. The van der Waals surface area contributed by atoms with Crippen molar-refractivity contribution in [2.45, 2.75) is 0 Å². The van der Waals surface area contributed by atoms with Crippen molar-refractivity contribution in [2.75, 3.05) is 0 Å². The molecular formula is C9H5F2NO2. The summed E-state index contributed by atoms with van der Waals surface area (Å²) in [4.78, 5) is 13.0. The normalized spacial score (nSPS) is 10.7. The van der Waals surface area contributed by atoms with Gasteiger partial charge in [0.1, 0.15) is 0 Å². The van der Waals surface area contributed by atoms with Crippen LogP contribution in [-0.4, -0.2) is 16.1 Å². The maximum absolute atomic E-state index is 13.1. The Balaban J connectivity index is 2.83. The highest BCUT2D eigenvalue weighted by molar-refractivity contribution is 6.03. The smallest absolute Gasteiger partial charge is 0.337 e. The van der Waals surface area contributed by atoms with Crippen molar-refractivity contribution in [1.29, 1.82) is 0 Å². The van der Waals surface area contributed by atoms with E-state index in [9.17, 15) is 13.6 Å². The molecule has 0 amide bonds. The number of carbonyl (C=O) groups is 1. The van der Waals surface area contributed by atoms with Crippen molar-refractivity contribution < 1.29 is 18.7 Å². The van der Waals surface area contributed by atoms with E-state index in [1.807, 2.05) is 0 Å². The van der Waals surface area contributed by atoms with E-state index in [1.165, 1.54) is 6.07 Å². The predicted molar refractivity (Wildman–Crippen MR) is 45.2 cm³/mol. The van der Waals surface area contributed by atoms with Gasteiger partial charge in [-0.3, -0.25) is 0 Å². The largest absolute Gasteiger partial charge is 0.478 e. The number of benzene rings is 1. The maximum Gasteiger partial charge on any atom is 0.337 e. The van der Waals surface area contributed by atoms with Crippen LogP contribution in [0.3, 0.4) is 0 Å². The quantitative estimate of drug-likeness (QED) is 0.735. The van der Waals surface area contributed by atoms with Crippen LogP contribution in [0.1, 0.15) is 10.4 Å². The molecule has 3 nitrogen and oxygen atoms in total. The van der Waals surface area contributed by atoms with E-state index >= 15 is 0 Å². The Kier molecular flexibility index (Phi) is 1.73. The highest BCUT2D eigenvalue weighted by Crippen LogP contribution is 2.22. The second-order valence-corrected chi connectivity index (χ2v) is 2.79. The number of hydrogen-bond donors (Lipinski definition) is 2. The third-order valence-electron chi connectivity index (χ3n) is 1.98. The minimum Gasteiger partial charge on any atom is -0.478 e. The summed E-state index contributed by atoms with van der Waals surface area (Å²) in [5.74, 6) is -3.24. The summed E-state index contributed by atoms with van der Waals surface area (Å²) >= 11 is 0. The fourth-order valence-electron chi connectivity index (χ4n) is 1.32. The second-order valence-electron chi connectivity index (χ2n) is 2.79. The van der Waals surface area contributed by atoms with Crippen molar-refractivity contribution in [1.82, 2.24) is 4.98 Å². The lowest BCUT2D eigenvalue weighted by Gasteiger charge is -1.95. The van der Waals surface area contributed by atoms with Gasteiger partial charge in [0.2, 0.25) is 0 Å². The average Bonchev–Trinajstić information content (AvgIpc) is 2.55. The second kappa shape index (κ2) is 2.80. The van der Waals surface area contributed by atoms with Crippen LogP contribution in [0, 0.1) is 11.6 Å². The summed E-state index contributed by atoms with van der Waals surface area (Å²) in [6.45, 7) is 0. The Labute approximate surface area is 77.0 Å². The zero-order valence-electron chi connectivity index (χ0n) is 6.84. The van der Waals surface area contributed by atoms with Gasteiger partial charge in [-0.15, -0.1) is 0 Å². The number of halogens is 2. The van der Waals surface area contributed by atoms with Gasteiger partial charge in [-0.05, 0) is 12.1 Å². The van der Waals surface area contributed by atoms with E-state index in [2.05, 4.69) is 4.98 Å². The van der Waals surface area contributed by atoms with Crippen LogP contribution in [0.4, 0.5) is 8.78 Å². The number of carboxylic acid groups (broad SMARTS) is 1. The number of H-pyrrole nitrogens is 1. The van der Waals surface area contributed by atoms with E-state index in [0.717, 1.165) is 12.3 Å². The summed E-state index contributed by atoms with van der Waals surface area (Å²) in [6, 6.07) is 2.13. The molecule has 2 N–H and O–H groups in total. The molecule has 0 aliphatic rings. The van der Waals surface area contributed by atoms with E-state index < -0.39 is 17.6 Å². The van der Waals surface area contributed by atoms with E-state index in [1.54, 1.807) is 0 Å². The molecule has 1 aromatic carbocycles. The number of aromatic carboxylic acids is 1. The minimum atomic E-state index is -1.18. The van der Waals surface area contributed by atoms with Crippen LogP contribution < -0.4 is 0 Å². The topological polar surface area (TPSA) is 53.1 Å². The molecule has 0 unspecified atom stereocenters. The van der Waals surface area contributed by atoms with Crippen LogP contribution >= 0.6 is 0 Å². The molecule has 1 heterocycles. The van der Waals surface area contributed by atoms with Crippen molar-refractivity contribution in [3.8, 4) is 0 Å². The molecule has 0 spiro atoms. The van der Waals surface area contributed by atoms with Crippen LogP contribution in [0.25, 0.3) is 10.9 Å². The fraction of sp³-hybridized carbons (Fsp3) is 0. The van der Waals surface area contributed by atoms with Crippen molar-refractivity contribution in [3.05, 3.63) is 35.5 Å². The molecule has 0 bridgehead atoms. The number of hydrogen-bond acceptors (Lipinski definition) is 1. The molecule has 0 radical (unpaired) electrons. The Morgan fingerprint density at radius 3 is 2.71 bits per heavy atom. The number of aromatic nitrogens is 1. The van der Waals surface area contributed by atoms with Gasteiger partial charge in [0.05, 0.1) is 11.1 Å². The number of carboxylic acids is 1. The van der Waals surface area contributed by atoms with Crippen LogP contribution in [0.5, 0.6) is 0 Å². The summed E-state index contributed by atoms with van der Waals surface area (Å²) in [5, 5.41) is 8.86. The zero-order valence-corrected chi connectivity index (χ0v) is 6.84. The summed E-state index contributed by atoms with van der Waals surface area (Å²) in [6.07, 6.45) is 1.13. The molecule has 2 aromatic rings. The first-order valence-electron chi connectivity index (χ1n) is 3.79. The highest BCUT2D eigenvalue weighted by atomic mass is 19.2. The number of rotatable bonds is 1. The monoisotopic (exact) mass is 197 g/mol. The first kappa shape index (κ1) is 8.68. The molecule has 0 aliphatic carbocycles. The van der Waals surface area contributed by atoms with E-state index in [4.69, 9.17) is 5.11 Å². The van der Waals surface area contributed by atoms with Crippen molar-refractivity contribution in [2.24, 2.45) is 0 Å². The van der Waals surface area contributed by atoms with Gasteiger partial charge >= 0.3 is 5.97 Å². The van der Waals surface area contributed by atoms with E-state index in [0.29, 0.717) is 0 Å². The molecular weight excluding hydrogens is 192 g/mol. The molecule has 5 heteroatoms. The Hall–Kier alpha value is -1.91. The standard InChI is InChI=1S/C9H5F2NO2/c10-6-2-1-4-5(9(13)14)3-12-8(4)7(6)11/h1-3,12H,(H,13,14). The fourth-order valence-corrected chi connectivity index (χ4v) is 1.32. The molecule has 14 heavy (non-hydrogen) atoms. The summed E-state index contributed by atoms with van der Waals surface area (Å²) in [7, 11) is 0. The van der Waals surface area contributed by atoms with Crippen LogP contribution in [0.15, 0.2) is 18.3 Å². The van der Waals surface area contributed by atoms with Gasteiger partial charge in [0, 0.05) is 11.6 Å². The SMILES string of the molecule is O=C(O)c1c[nH]c2c(F)c(F)ccc12. The molecule has 0 saturated heterocycles. The van der Waals surface area contributed by atoms with Gasteiger partial charge < -0.3 is 10.1 Å². The summed E-state index contributed by atoms with van der Waals surface area (Å²) < 4.78 is 25.8. The van der Waals surface area contributed by atoms with Crippen molar-refractivity contribution in [3.63, 3.8) is 0 Å². The van der Waals surface area contributed by atoms with E-state index in [-0.39, 0.29) is 16.5 Å². The Morgan fingerprint density at radius 2 is 2.07 bits per heavy atom. The molecule has 72 valence electrons. The summed E-state index contributed by atoms with van der Waals surface area (Å²) in [5.41, 5.74) is -0.193. The van der Waals surface area contributed by atoms with Crippen molar-refractivity contribution >= 4 is 16.9 Å². The molecule has 0 fully saturated rings. The van der Waals surface area contributed by atoms with Gasteiger partial charge in [-0.1, -0.05) is 0 Å². The first-order valence-corrected chi connectivity index (χ1v) is 3.79. The predicted octanol–water partition coefficient (Wildman–Crippen LogP) is 2.14. The molecule has 1 aromatic heterocycles. The Bertz CT molecular complexity index is 519. The molecule has 0 saturated carbocycles. The van der Waals surface area contributed by atoms with Crippen LogP contribution in [0.2, 0.25) is 0 Å². The first-order chi connectivity index (χ1) is 6.61. The lowest BCUT2D eigenvalue weighted by Crippen LogP contribution is -1.94. The van der Waals surface area contributed by atoms with Gasteiger partial charge in [0.15, 0.2) is 11.6 Å². The molecule has 0 aliphatic heterocycles. The number of nitrogens with one attached hydrogen (secondary N) is 1. The third kappa shape index (κ3) is 1.06. The molecule has 0 atom stereocenters. The van der Waals surface area contributed by atoms with Gasteiger partial charge in [-0.25, -0.2) is 13.6 Å². The maximum atomic E-state index is 13.1. The minimum absolute atomic E-state index is 0.0705.